The average molecular weight is 225 g/mol. The van der Waals surface area contributed by atoms with Crippen molar-refractivity contribution in [2.45, 2.75) is 19.5 Å². The fourth-order valence-corrected chi connectivity index (χ4v) is 1.41. The molecule has 1 aromatic carbocycles. The second kappa shape index (κ2) is 6.35. The average Bonchev–Trinajstić information content (AvgIpc) is 2.27. The van der Waals surface area contributed by atoms with Gasteiger partial charge in [-0.2, -0.15) is 0 Å². The molecular formula is C12H19NO3. The Hall–Kier alpha value is -1.26. The Bertz CT molecular complexity index is 328. The maximum absolute atomic E-state index is 9.71. The zero-order valence-corrected chi connectivity index (χ0v) is 9.99. The van der Waals surface area contributed by atoms with Gasteiger partial charge in [-0.15, -0.1) is 0 Å². The topological polar surface area (TPSA) is 50.7 Å². The second-order valence-electron chi connectivity index (χ2n) is 3.73. The van der Waals surface area contributed by atoms with Crippen molar-refractivity contribution < 1.29 is 14.6 Å². The Morgan fingerprint density at radius 3 is 2.69 bits per heavy atom. The standard InChI is InChI=1S/C12H19NO3/c1-9(8-15-2)13-7-10-4-5-11(16-3)6-12(10)14/h4-6,9,13-14H,7-8H2,1-3H3. The normalized spacial score (nSPS) is 12.4. The minimum Gasteiger partial charge on any atom is -0.507 e. The van der Waals surface area contributed by atoms with Crippen molar-refractivity contribution in [2.75, 3.05) is 20.8 Å². The summed E-state index contributed by atoms with van der Waals surface area (Å²) < 4.78 is 10.0. The molecule has 0 fully saturated rings. The third-order valence-electron chi connectivity index (χ3n) is 2.35. The fourth-order valence-electron chi connectivity index (χ4n) is 1.41. The van der Waals surface area contributed by atoms with Crippen molar-refractivity contribution in [3.05, 3.63) is 23.8 Å². The van der Waals surface area contributed by atoms with Crippen LogP contribution in [0.4, 0.5) is 0 Å². The highest BCUT2D eigenvalue weighted by Crippen LogP contribution is 2.23. The number of rotatable bonds is 6. The number of nitrogens with one attached hydrogen (secondary N) is 1. The molecule has 16 heavy (non-hydrogen) atoms. The lowest BCUT2D eigenvalue weighted by Crippen LogP contribution is -2.29. The summed E-state index contributed by atoms with van der Waals surface area (Å²) in [5, 5.41) is 13.0. The molecule has 2 N–H and O–H groups in total. The Kier molecular flexibility index (Phi) is 5.08. The zero-order chi connectivity index (χ0) is 12.0. The monoisotopic (exact) mass is 225 g/mol. The highest BCUT2D eigenvalue weighted by Gasteiger charge is 2.05. The number of ether oxygens (including phenoxy) is 2. The summed E-state index contributed by atoms with van der Waals surface area (Å²) in [4.78, 5) is 0. The molecule has 0 saturated heterocycles. The maximum Gasteiger partial charge on any atom is 0.123 e. The number of aromatic hydroxyl groups is 1. The summed E-state index contributed by atoms with van der Waals surface area (Å²) >= 11 is 0. The van der Waals surface area contributed by atoms with Crippen LogP contribution in [0.15, 0.2) is 18.2 Å². The lowest BCUT2D eigenvalue weighted by atomic mass is 10.2. The van der Waals surface area contributed by atoms with Crippen molar-refractivity contribution in [3.63, 3.8) is 0 Å². The van der Waals surface area contributed by atoms with Crippen LogP contribution in [0.1, 0.15) is 12.5 Å². The lowest BCUT2D eigenvalue weighted by Gasteiger charge is -2.13. The van der Waals surface area contributed by atoms with E-state index in [0.29, 0.717) is 18.9 Å². The summed E-state index contributed by atoms with van der Waals surface area (Å²) in [6, 6.07) is 5.54. The number of phenols is 1. The molecule has 4 heteroatoms. The van der Waals surface area contributed by atoms with E-state index in [1.54, 1.807) is 20.3 Å². The minimum absolute atomic E-state index is 0.247. The van der Waals surface area contributed by atoms with E-state index in [1.165, 1.54) is 0 Å². The van der Waals surface area contributed by atoms with Crippen LogP contribution < -0.4 is 10.1 Å². The van der Waals surface area contributed by atoms with Gasteiger partial charge in [0.25, 0.3) is 0 Å². The first-order valence-electron chi connectivity index (χ1n) is 5.25. The van der Waals surface area contributed by atoms with Crippen molar-refractivity contribution in [1.29, 1.82) is 0 Å². The van der Waals surface area contributed by atoms with Crippen LogP contribution in [0, 0.1) is 0 Å². The number of methoxy groups -OCH3 is 2. The predicted molar refractivity (Wildman–Crippen MR) is 62.8 cm³/mol. The summed E-state index contributed by atoms with van der Waals surface area (Å²) in [6.45, 7) is 3.29. The Labute approximate surface area is 96.2 Å². The van der Waals surface area contributed by atoms with E-state index in [4.69, 9.17) is 9.47 Å². The van der Waals surface area contributed by atoms with Crippen molar-refractivity contribution >= 4 is 0 Å². The summed E-state index contributed by atoms with van der Waals surface area (Å²) in [6.07, 6.45) is 0. The van der Waals surface area contributed by atoms with Gasteiger partial charge < -0.3 is 19.9 Å². The van der Waals surface area contributed by atoms with Gasteiger partial charge in [0.2, 0.25) is 0 Å². The smallest absolute Gasteiger partial charge is 0.123 e. The Balaban J connectivity index is 2.54. The number of phenolic OH excluding ortho intramolecular Hbond substituents is 1. The van der Waals surface area contributed by atoms with Gasteiger partial charge in [0, 0.05) is 31.3 Å². The second-order valence-corrected chi connectivity index (χ2v) is 3.73. The van der Waals surface area contributed by atoms with Gasteiger partial charge in [-0.3, -0.25) is 0 Å². The molecule has 1 unspecified atom stereocenters. The van der Waals surface area contributed by atoms with Crippen LogP contribution in [0.25, 0.3) is 0 Å². The SMILES string of the molecule is COCC(C)NCc1ccc(OC)cc1O. The van der Waals surface area contributed by atoms with Crippen molar-refractivity contribution in [3.8, 4) is 11.5 Å². The largest absolute Gasteiger partial charge is 0.507 e. The van der Waals surface area contributed by atoms with Crippen LogP contribution in [-0.4, -0.2) is 32.0 Å². The number of hydrogen-bond donors (Lipinski definition) is 2. The predicted octanol–water partition coefficient (Wildman–Crippen LogP) is 1.53. The maximum atomic E-state index is 9.71. The van der Waals surface area contributed by atoms with E-state index in [9.17, 15) is 5.11 Å². The molecule has 0 amide bonds. The van der Waals surface area contributed by atoms with Crippen LogP contribution in [-0.2, 0) is 11.3 Å². The molecular weight excluding hydrogens is 206 g/mol. The molecule has 0 saturated carbocycles. The molecule has 0 heterocycles. The molecule has 1 aromatic rings. The van der Waals surface area contributed by atoms with Gasteiger partial charge in [-0.25, -0.2) is 0 Å². The van der Waals surface area contributed by atoms with Gasteiger partial charge >= 0.3 is 0 Å². The van der Waals surface area contributed by atoms with E-state index in [2.05, 4.69) is 5.32 Å². The van der Waals surface area contributed by atoms with E-state index < -0.39 is 0 Å². The highest BCUT2D eigenvalue weighted by molar-refractivity contribution is 5.39. The third kappa shape index (κ3) is 3.72. The van der Waals surface area contributed by atoms with Crippen LogP contribution >= 0.6 is 0 Å². The fraction of sp³-hybridized carbons (Fsp3) is 0.500. The van der Waals surface area contributed by atoms with Gasteiger partial charge in [0.1, 0.15) is 11.5 Å². The van der Waals surface area contributed by atoms with Crippen LogP contribution in [0.5, 0.6) is 11.5 Å². The molecule has 0 aliphatic rings. The summed E-state index contributed by atoms with van der Waals surface area (Å²) in [5.41, 5.74) is 0.851. The first-order valence-corrected chi connectivity index (χ1v) is 5.25. The molecule has 1 rings (SSSR count). The Morgan fingerprint density at radius 1 is 1.38 bits per heavy atom. The molecule has 0 aliphatic heterocycles. The molecule has 0 aromatic heterocycles. The first-order chi connectivity index (χ1) is 7.67. The molecule has 1 atom stereocenters. The Morgan fingerprint density at radius 2 is 2.12 bits per heavy atom. The third-order valence-corrected chi connectivity index (χ3v) is 2.35. The molecule has 90 valence electrons. The summed E-state index contributed by atoms with van der Waals surface area (Å²) in [5.74, 6) is 0.905. The van der Waals surface area contributed by atoms with Gasteiger partial charge in [-0.05, 0) is 13.0 Å². The zero-order valence-electron chi connectivity index (χ0n) is 9.99. The number of hydrogen-bond acceptors (Lipinski definition) is 4. The van der Waals surface area contributed by atoms with Crippen LogP contribution in [0.2, 0.25) is 0 Å². The van der Waals surface area contributed by atoms with Crippen molar-refractivity contribution in [1.82, 2.24) is 5.32 Å². The first kappa shape index (κ1) is 12.8. The van der Waals surface area contributed by atoms with Gasteiger partial charge in [-0.1, -0.05) is 6.07 Å². The highest BCUT2D eigenvalue weighted by atomic mass is 16.5. The molecule has 4 nitrogen and oxygen atoms in total. The quantitative estimate of drug-likeness (QED) is 0.770. The molecule has 0 bridgehead atoms. The van der Waals surface area contributed by atoms with E-state index in [-0.39, 0.29) is 11.8 Å². The molecule has 0 radical (unpaired) electrons. The van der Waals surface area contributed by atoms with E-state index in [0.717, 1.165) is 5.56 Å². The molecule has 0 spiro atoms. The number of benzene rings is 1. The van der Waals surface area contributed by atoms with Crippen molar-refractivity contribution in [2.24, 2.45) is 0 Å². The summed E-state index contributed by atoms with van der Waals surface area (Å²) in [7, 11) is 3.25. The lowest BCUT2D eigenvalue weighted by molar-refractivity contribution is 0.171. The van der Waals surface area contributed by atoms with Gasteiger partial charge in [0.05, 0.1) is 13.7 Å². The van der Waals surface area contributed by atoms with E-state index >= 15 is 0 Å². The van der Waals surface area contributed by atoms with Crippen LogP contribution in [0.3, 0.4) is 0 Å². The minimum atomic E-state index is 0.247. The van der Waals surface area contributed by atoms with E-state index in [1.807, 2.05) is 19.1 Å². The van der Waals surface area contributed by atoms with Gasteiger partial charge in [0.15, 0.2) is 0 Å². The molecule has 0 aliphatic carbocycles.